The highest BCUT2D eigenvalue weighted by atomic mass is 31.2. The van der Waals surface area contributed by atoms with Crippen molar-refractivity contribution in [3.8, 4) is 0 Å². The summed E-state index contributed by atoms with van der Waals surface area (Å²) in [5.74, 6) is -0.821. The zero-order valence-corrected chi connectivity index (χ0v) is 50.5. The van der Waals surface area contributed by atoms with Crippen LogP contribution < -0.4 is 0 Å². The number of carbonyl (C=O) groups is 2. The van der Waals surface area contributed by atoms with E-state index >= 15 is 0 Å². The monoisotopic (exact) mass is 1060 g/mol. The number of likely N-dealkylation sites (N-methyl/N-ethyl adjacent to an activating group) is 1. The predicted octanol–water partition coefficient (Wildman–Crippen LogP) is 19.9. The number of esters is 2. The number of phosphoric ester groups is 1. The van der Waals surface area contributed by atoms with E-state index in [-0.39, 0.29) is 32.0 Å². The number of hydrogen-bond acceptors (Lipinski definition) is 7. The highest BCUT2D eigenvalue weighted by Gasteiger charge is 2.27. The Morgan fingerprint density at radius 2 is 0.770 bits per heavy atom. The molecule has 0 fully saturated rings. The number of carbonyl (C=O) groups excluding carboxylic acids is 2. The molecule has 10 heteroatoms. The first kappa shape index (κ1) is 72.2. The van der Waals surface area contributed by atoms with Gasteiger partial charge >= 0.3 is 19.8 Å². The molecule has 0 aromatic carbocycles. The van der Waals surface area contributed by atoms with Crippen LogP contribution in [-0.4, -0.2) is 74.9 Å². The van der Waals surface area contributed by atoms with Crippen LogP contribution >= 0.6 is 7.82 Å². The Morgan fingerprint density at radius 1 is 0.432 bits per heavy atom. The minimum Gasteiger partial charge on any atom is -0.462 e. The summed E-state index contributed by atoms with van der Waals surface area (Å²) in [6, 6.07) is 0. The number of ether oxygens (including phenoxy) is 2. The van der Waals surface area contributed by atoms with Crippen molar-refractivity contribution in [3.05, 3.63) is 36.5 Å². The average molecular weight is 1070 g/mol. The SMILES string of the molecule is CC/C=C\C/C=C\C/C=C\CCCCCC(=O)OC(COC(=O)CCCCCCCCCCCCCCCCCCCCCCCCCCCCCCCCCCCCCCC)COP(=O)(O)OCC[N+](C)(C)C. The summed E-state index contributed by atoms with van der Waals surface area (Å²) >= 11 is 0. The Kier molecular flexibility index (Phi) is 54.6. The maximum absolute atomic E-state index is 12.7. The van der Waals surface area contributed by atoms with Crippen LogP contribution in [0, 0.1) is 0 Å². The van der Waals surface area contributed by atoms with E-state index in [0.29, 0.717) is 17.4 Å². The number of nitrogens with zero attached hydrogens (tertiary/aromatic N) is 1. The summed E-state index contributed by atoms with van der Waals surface area (Å²) in [5.41, 5.74) is 0. The van der Waals surface area contributed by atoms with Gasteiger partial charge in [-0.25, -0.2) is 4.57 Å². The Bertz CT molecular complexity index is 1340. The van der Waals surface area contributed by atoms with Gasteiger partial charge in [0, 0.05) is 12.8 Å². The Labute approximate surface area is 459 Å². The molecular formula is C64H123NO8P+. The second-order valence-corrected chi connectivity index (χ2v) is 24.2. The van der Waals surface area contributed by atoms with Crippen LogP contribution in [0.4, 0.5) is 0 Å². The molecular weight excluding hydrogens is 942 g/mol. The second kappa shape index (κ2) is 56.0. The fraction of sp³-hybridized carbons (Fsp3) is 0.875. The van der Waals surface area contributed by atoms with E-state index in [2.05, 4.69) is 50.3 Å². The Balaban J connectivity index is 3.86. The molecule has 2 atom stereocenters. The maximum Gasteiger partial charge on any atom is 0.472 e. The van der Waals surface area contributed by atoms with Crippen LogP contribution in [0.5, 0.6) is 0 Å². The molecule has 0 aromatic rings. The molecule has 2 unspecified atom stereocenters. The van der Waals surface area contributed by atoms with E-state index in [1.807, 2.05) is 21.1 Å². The molecule has 0 aliphatic carbocycles. The minimum atomic E-state index is -4.39. The second-order valence-electron chi connectivity index (χ2n) is 22.8. The quantitative estimate of drug-likeness (QED) is 0.0211. The van der Waals surface area contributed by atoms with Gasteiger partial charge in [-0.05, 0) is 44.9 Å². The van der Waals surface area contributed by atoms with E-state index in [4.69, 9.17) is 18.5 Å². The number of allylic oxidation sites excluding steroid dienone is 6. The molecule has 0 aliphatic rings. The molecule has 0 bridgehead atoms. The summed E-state index contributed by atoms with van der Waals surface area (Å²) in [7, 11) is 1.47. The molecule has 0 rings (SSSR count). The molecule has 0 heterocycles. The average Bonchev–Trinajstić information content (AvgIpc) is 3.36. The minimum absolute atomic E-state index is 0.0268. The Morgan fingerprint density at radius 3 is 1.15 bits per heavy atom. The van der Waals surface area contributed by atoms with Crippen LogP contribution in [0.1, 0.15) is 309 Å². The van der Waals surface area contributed by atoms with Gasteiger partial charge in [0.1, 0.15) is 19.8 Å². The zero-order chi connectivity index (χ0) is 54.2. The third kappa shape index (κ3) is 59.5. The molecule has 0 aliphatic heterocycles. The van der Waals surface area contributed by atoms with Crippen molar-refractivity contribution in [1.29, 1.82) is 0 Å². The topological polar surface area (TPSA) is 108 Å². The van der Waals surface area contributed by atoms with Crippen molar-refractivity contribution in [2.75, 3.05) is 47.5 Å². The fourth-order valence-electron chi connectivity index (χ4n) is 9.33. The van der Waals surface area contributed by atoms with Crippen molar-refractivity contribution in [2.45, 2.75) is 315 Å². The lowest BCUT2D eigenvalue weighted by Gasteiger charge is -2.24. The fourth-order valence-corrected chi connectivity index (χ4v) is 10.1. The summed E-state index contributed by atoms with van der Waals surface area (Å²) in [5, 5.41) is 0. The number of quaternary nitrogens is 1. The number of hydrogen-bond donors (Lipinski definition) is 1. The molecule has 0 saturated heterocycles. The normalized spacial score (nSPS) is 13.4. The molecule has 0 saturated carbocycles. The van der Waals surface area contributed by atoms with Gasteiger partial charge in [0.25, 0.3) is 0 Å². The van der Waals surface area contributed by atoms with E-state index in [1.165, 1.54) is 218 Å². The van der Waals surface area contributed by atoms with Crippen molar-refractivity contribution in [1.82, 2.24) is 0 Å². The van der Waals surface area contributed by atoms with E-state index in [1.54, 1.807) is 0 Å². The number of phosphoric acid groups is 1. The van der Waals surface area contributed by atoms with Gasteiger partial charge in [-0.1, -0.05) is 288 Å². The third-order valence-corrected chi connectivity index (χ3v) is 15.2. The largest absolute Gasteiger partial charge is 0.472 e. The van der Waals surface area contributed by atoms with Crippen molar-refractivity contribution < 1.29 is 42.1 Å². The highest BCUT2D eigenvalue weighted by Crippen LogP contribution is 2.43. The van der Waals surface area contributed by atoms with Gasteiger partial charge in [0.15, 0.2) is 6.10 Å². The van der Waals surface area contributed by atoms with Crippen LogP contribution in [0.25, 0.3) is 0 Å². The van der Waals surface area contributed by atoms with Crippen molar-refractivity contribution in [2.24, 2.45) is 0 Å². The van der Waals surface area contributed by atoms with Gasteiger partial charge in [0.2, 0.25) is 0 Å². The first-order chi connectivity index (χ1) is 36.0. The van der Waals surface area contributed by atoms with Crippen LogP contribution in [0.2, 0.25) is 0 Å². The van der Waals surface area contributed by atoms with E-state index < -0.39 is 26.5 Å². The van der Waals surface area contributed by atoms with Crippen molar-refractivity contribution >= 4 is 19.8 Å². The smallest absolute Gasteiger partial charge is 0.462 e. The predicted molar refractivity (Wildman–Crippen MR) is 317 cm³/mol. The van der Waals surface area contributed by atoms with Gasteiger partial charge in [-0.15, -0.1) is 0 Å². The van der Waals surface area contributed by atoms with Gasteiger partial charge < -0.3 is 18.9 Å². The maximum atomic E-state index is 12.7. The summed E-state index contributed by atoms with van der Waals surface area (Å²) in [6.45, 7) is 4.32. The molecule has 9 nitrogen and oxygen atoms in total. The van der Waals surface area contributed by atoms with Gasteiger partial charge in [0.05, 0.1) is 27.7 Å². The lowest BCUT2D eigenvalue weighted by Crippen LogP contribution is -2.37. The lowest BCUT2D eigenvalue weighted by molar-refractivity contribution is -0.870. The molecule has 1 N–H and O–H groups in total. The van der Waals surface area contributed by atoms with E-state index in [9.17, 15) is 19.0 Å². The molecule has 436 valence electrons. The first-order valence-electron chi connectivity index (χ1n) is 31.7. The Hall–Kier alpha value is -1.77. The number of unbranched alkanes of at least 4 members (excludes halogenated alkanes) is 39. The summed E-state index contributed by atoms with van der Waals surface area (Å²) < 4.78 is 34.5. The highest BCUT2D eigenvalue weighted by molar-refractivity contribution is 7.47. The third-order valence-electron chi connectivity index (χ3n) is 14.2. The van der Waals surface area contributed by atoms with Crippen LogP contribution in [-0.2, 0) is 32.7 Å². The molecule has 0 aromatic heterocycles. The summed E-state index contributed by atoms with van der Waals surface area (Å²) in [6.07, 6.45) is 70.0. The van der Waals surface area contributed by atoms with Crippen molar-refractivity contribution in [3.63, 3.8) is 0 Å². The van der Waals surface area contributed by atoms with Gasteiger partial charge in [-0.3, -0.25) is 18.6 Å². The molecule has 0 radical (unpaired) electrons. The lowest BCUT2D eigenvalue weighted by atomic mass is 10.0. The molecule has 0 amide bonds. The molecule has 74 heavy (non-hydrogen) atoms. The van der Waals surface area contributed by atoms with Gasteiger partial charge in [-0.2, -0.15) is 0 Å². The standard InChI is InChI=1S/C64H122NO8P/c1-6-8-10-12-14-16-18-20-21-22-23-24-25-26-27-28-29-30-31-32-33-34-35-36-37-38-39-40-41-42-43-45-46-48-50-52-54-56-63(66)70-60-62(61-72-74(68,69)71-59-58-65(3,4)5)73-64(67)57-55-53-51-49-47-44-19-17-15-13-11-9-7-2/h9,11,15,17,44,47,62H,6-8,10,12-14,16,18-43,45-46,48-61H2,1-5H3/p+1/b11-9-,17-15-,47-44-. The first-order valence-corrected chi connectivity index (χ1v) is 33.2. The molecule has 0 spiro atoms. The number of rotatable bonds is 59. The van der Waals surface area contributed by atoms with Crippen LogP contribution in [0.3, 0.4) is 0 Å². The summed E-state index contributed by atoms with van der Waals surface area (Å²) in [4.78, 5) is 35.6. The van der Waals surface area contributed by atoms with Crippen LogP contribution in [0.15, 0.2) is 36.5 Å². The van der Waals surface area contributed by atoms with E-state index in [0.717, 1.165) is 57.8 Å². The zero-order valence-electron chi connectivity index (χ0n) is 49.6.